The number of benzene rings is 4. The van der Waals surface area contributed by atoms with Gasteiger partial charge in [-0.1, -0.05) is 84.9 Å². The fourth-order valence-electron chi connectivity index (χ4n) is 4.63. The van der Waals surface area contributed by atoms with Crippen LogP contribution in [0.2, 0.25) is 0 Å². The van der Waals surface area contributed by atoms with Crippen LogP contribution in [0.4, 0.5) is 19.3 Å². The normalized spacial score (nSPS) is 16.4. The second-order valence-electron chi connectivity index (χ2n) is 9.29. The van der Waals surface area contributed by atoms with Gasteiger partial charge in [-0.2, -0.15) is 0 Å². The third kappa shape index (κ3) is 6.21. The summed E-state index contributed by atoms with van der Waals surface area (Å²) in [4.78, 5) is 30.1. The zero-order chi connectivity index (χ0) is 27.2. The lowest BCUT2D eigenvalue weighted by Gasteiger charge is -2.34. The molecule has 3 amide bonds. The number of halogens is 2. The van der Waals surface area contributed by atoms with E-state index in [2.05, 4.69) is 5.32 Å². The number of carbonyl (C=O) groups excluding carboxylic acids is 2. The molecule has 1 heterocycles. The molecular weight excluding hydrogens is 496 g/mol. The summed E-state index contributed by atoms with van der Waals surface area (Å²) in [6, 6.07) is 28.3. The summed E-state index contributed by atoms with van der Waals surface area (Å²) in [6.07, 6.45) is 3.67. The second kappa shape index (κ2) is 11.7. The number of urea groups is 1. The quantitative estimate of drug-likeness (QED) is 0.292. The molecule has 0 bridgehead atoms. The molecule has 1 N–H and O–H groups in total. The summed E-state index contributed by atoms with van der Waals surface area (Å²) in [7, 11) is 0. The van der Waals surface area contributed by atoms with Gasteiger partial charge in [-0.3, -0.25) is 4.79 Å². The Bertz CT molecular complexity index is 1470. The highest BCUT2D eigenvalue weighted by molar-refractivity contribution is 5.96. The summed E-state index contributed by atoms with van der Waals surface area (Å²) < 4.78 is 27.1. The van der Waals surface area contributed by atoms with Gasteiger partial charge in [0.1, 0.15) is 18.2 Å². The van der Waals surface area contributed by atoms with Gasteiger partial charge in [0.2, 0.25) is 5.91 Å². The first-order chi connectivity index (χ1) is 19.0. The molecule has 0 aliphatic carbocycles. The van der Waals surface area contributed by atoms with Crippen molar-refractivity contribution >= 4 is 17.6 Å². The van der Waals surface area contributed by atoms with Crippen molar-refractivity contribution in [3.63, 3.8) is 0 Å². The molecule has 0 fully saturated rings. The van der Waals surface area contributed by atoms with Crippen LogP contribution in [0, 0.1) is 11.6 Å². The molecule has 0 aromatic heterocycles. The van der Waals surface area contributed by atoms with Crippen LogP contribution >= 0.6 is 0 Å². The van der Waals surface area contributed by atoms with Crippen molar-refractivity contribution in [2.45, 2.75) is 12.6 Å². The zero-order valence-corrected chi connectivity index (χ0v) is 21.1. The van der Waals surface area contributed by atoms with Crippen molar-refractivity contribution in [1.82, 2.24) is 9.80 Å². The first kappa shape index (κ1) is 25.9. The minimum Gasteiger partial charge on any atom is -0.326 e. The average Bonchev–Trinajstić information content (AvgIpc) is 2.95. The topological polar surface area (TPSA) is 52.7 Å². The van der Waals surface area contributed by atoms with Gasteiger partial charge in [0, 0.05) is 18.7 Å². The van der Waals surface area contributed by atoms with E-state index in [1.165, 1.54) is 29.2 Å². The summed E-state index contributed by atoms with van der Waals surface area (Å²) in [6.45, 7) is 0.244. The zero-order valence-electron chi connectivity index (χ0n) is 21.1. The number of amides is 3. The smallest absolute Gasteiger partial charge is 0.322 e. The third-order valence-electron chi connectivity index (χ3n) is 6.64. The van der Waals surface area contributed by atoms with Crippen LogP contribution in [0.25, 0.3) is 11.1 Å². The van der Waals surface area contributed by atoms with E-state index in [4.69, 9.17) is 0 Å². The van der Waals surface area contributed by atoms with Gasteiger partial charge in [0.15, 0.2) is 0 Å². The van der Waals surface area contributed by atoms with Gasteiger partial charge < -0.3 is 15.1 Å². The van der Waals surface area contributed by atoms with Crippen LogP contribution in [0.5, 0.6) is 0 Å². The lowest BCUT2D eigenvalue weighted by atomic mass is 10.0. The van der Waals surface area contributed by atoms with Crippen molar-refractivity contribution in [1.29, 1.82) is 0 Å². The largest absolute Gasteiger partial charge is 0.326 e. The molecule has 196 valence electrons. The maximum Gasteiger partial charge on any atom is 0.322 e. The van der Waals surface area contributed by atoms with Gasteiger partial charge in [-0.05, 0) is 47.0 Å². The predicted molar refractivity (Wildman–Crippen MR) is 148 cm³/mol. The fourth-order valence-corrected chi connectivity index (χ4v) is 4.63. The number of hydrogen-bond donors (Lipinski definition) is 1. The van der Waals surface area contributed by atoms with Gasteiger partial charge in [0.05, 0.1) is 11.7 Å². The summed E-state index contributed by atoms with van der Waals surface area (Å²) in [5, 5.41) is 2.97. The summed E-state index contributed by atoms with van der Waals surface area (Å²) >= 11 is 0. The Morgan fingerprint density at radius 2 is 1.46 bits per heavy atom. The molecule has 1 aliphatic heterocycles. The van der Waals surface area contributed by atoms with Crippen LogP contribution in [0.3, 0.4) is 0 Å². The van der Waals surface area contributed by atoms with Crippen LogP contribution in [-0.4, -0.2) is 34.8 Å². The van der Waals surface area contributed by atoms with Crippen LogP contribution in [-0.2, 0) is 11.3 Å². The van der Waals surface area contributed by atoms with Crippen molar-refractivity contribution in [3.8, 4) is 11.1 Å². The van der Waals surface area contributed by atoms with E-state index in [1.807, 2.05) is 66.7 Å². The second-order valence-corrected chi connectivity index (χ2v) is 9.29. The molecule has 1 aliphatic rings. The molecule has 0 saturated carbocycles. The van der Waals surface area contributed by atoms with E-state index in [-0.39, 0.29) is 37.2 Å². The number of nitrogens with one attached hydrogen (secondary N) is 1. The monoisotopic (exact) mass is 523 g/mol. The molecule has 4 aromatic rings. The molecule has 5 rings (SSSR count). The Kier molecular flexibility index (Phi) is 7.78. The number of nitrogens with zero attached hydrogens (tertiary/aromatic N) is 2. The minimum absolute atomic E-state index is 0.164. The molecule has 0 radical (unpaired) electrons. The van der Waals surface area contributed by atoms with Crippen molar-refractivity contribution < 1.29 is 18.4 Å². The molecule has 7 heteroatoms. The standard InChI is InChI=1S/C32H27F2N3O2/c33-26-16-12-23(13-17-26)21-37-30(25-14-18-27(34)19-15-25)11-6-20-36(22-31(37)38)32(39)35-29-10-5-4-9-28(29)24-7-2-1-3-8-24/h1-19,30H,20-22H2,(H,35,39)/b11-6-. The van der Waals surface area contributed by atoms with Crippen molar-refractivity contribution in [2.75, 3.05) is 18.4 Å². The Morgan fingerprint density at radius 1 is 0.821 bits per heavy atom. The molecule has 39 heavy (non-hydrogen) atoms. The predicted octanol–water partition coefficient (Wildman–Crippen LogP) is 6.81. The van der Waals surface area contributed by atoms with Crippen molar-refractivity contribution in [3.05, 3.63) is 138 Å². The van der Waals surface area contributed by atoms with E-state index in [9.17, 15) is 18.4 Å². The van der Waals surface area contributed by atoms with Gasteiger partial charge >= 0.3 is 6.03 Å². The van der Waals surface area contributed by atoms with Gasteiger partial charge in [0.25, 0.3) is 0 Å². The first-order valence-corrected chi connectivity index (χ1v) is 12.6. The Labute approximate surface area is 226 Å². The highest BCUT2D eigenvalue weighted by atomic mass is 19.1. The summed E-state index contributed by atoms with van der Waals surface area (Å²) in [5.74, 6) is -1.03. The van der Waals surface area contributed by atoms with E-state index >= 15 is 0 Å². The molecule has 5 nitrogen and oxygen atoms in total. The van der Waals surface area contributed by atoms with E-state index in [1.54, 1.807) is 29.2 Å². The third-order valence-corrected chi connectivity index (χ3v) is 6.64. The van der Waals surface area contributed by atoms with Crippen LogP contribution in [0.15, 0.2) is 115 Å². The number of para-hydroxylation sites is 1. The lowest BCUT2D eigenvalue weighted by molar-refractivity contribution is -0.134. The molecule has 4 aromatic carbocycles. The number of carbonyl (C=O) groups is 2. The van der Waals surface area contributed by atoms with Gasteiger partial charge in [-0.15, -0.1) is 0 Å². The maximum absolute atomic E-state index is 13.7. The first-order valence-electron chi connectivity index (χ1n) is 12.6. The number of rotatable bonds is 5. The Hall–Kier alpha value is -4.78. The highest BCUT2D eigenvalue weighted by Crippen LogP contribution is 2.29. The van der Waals surface area contributed by atoms with Crippen LogP contribution in [0.1, 0.15) is 17.2 Å². The Balaban J connectivity index is 1.41. The van der Waals surface area contributed by atoms with E-state index in [0.29, 0.717) is 5.69 Å². The number of anilines is 1. The van der Waals surface area contributed by atoms with E-state index < -0.39 is 12.1 Å². The van der Waals surface area contributed by atoms with E-state index in [0.717, 1.165) is 22.3 Å². The highest BCUT2D eigenvalue weighted by Gasteiger charge is 2.29. The number of hydrogen-bond acceptors (Lipinski definition) is 2. The SMILES string of the molecule is O=C(Nc1ccccc1-c1ccccc1)N1C/C=C\C(c2ccc(F)cc2)N(Cc2ccc(F)cc2)C(=O)C1. The lowest BCUT2D eigenvalue weighted by Crippen LogP contribution is -2.46. The summed E-state index contributed by atoms with van der Waals surface area (Å²) in [5.41, 5.74) is 3.94. The Morgan fingerprint density at radius 3 is 2.18 bits per heavy atom. The fraction of sp³-hybridized carbons (Fsp3) is 0.125. The molecule has 0 spiro atoms. The molecule has 1 unspecified atom stereocenters. The van der Waals surface area contributed by atoms with Gasteiger partial charge in [-0.25, -0.2) is 13.6 Å². The molecule has 0 saturated heterocycles. The molecular formula is C32H27F2N3O2. The van der Waals surface area contributed by atoms with Crippen molar-refractivity contribution in [2.24, 2.45) is 0 Å². The minimum atomic E-state index is -0.479. The average molecular weight is 524 g/mol. The maximum atomic E-state index is 13.7. The van der Waals surface area contributed by atoms with Crippen LogP contribution < -0.4 is 5.32 Å². The molecule has 1 atom stereocenters.